The van der Waals surface area contributed by atoms with E-state index < -0.39 is 0 Å². The highest BCUT2D eigenvalue weighted by molar-refractivity contribution is 5.76. The summed E-state index contributed by atoms with van der Waals surface area (Å²) in [4.78, 5) is 34.6. The molecule has 2 atom stereocenters. The molecule has 1 aliphatic carbocycles. The molecule has 3 heterocycles. The molecule has 1 aromatic heterocycles. The Bertz CT molecular complexity index is 1490. The van der Waals surface area contributed by atoms with Crippen molar-refractivity contribution in [2.24, 2.45) is 5.92 Å². The number of aromatic nitrogens is 1. The fourth-order valence-electron chi connectivity index (χ4n) is 6.76. The van der Waals surface area contributed by atoms with Crippen LogP contribution in [0.5, 0.6) is 5.75 Å². The number of cyclic esters (lactones) is 1. The fraction of sp³-hybridized carbons (Fsp3) is 0.457. The molecule has 1 amide bonds. The van der Waals surface area contributed by atoms with Gasteiger partial charge in [0.15, 0.2) is 0 Å². The first kappa shape index (κ1) is 29.0. The molecule has 226 valence electrons. The Hall–Kier alpha value is -4.07. The van der Waals surface area contributed by atoms with E-state index >= 15 is 0 Å². The number of aryl methyl sites for hydroxylation is 1. The summed E-state index contributed by atoms with van der Waals surface area (Å²) in [5.74, 6) is 1.92. The maximum absolute atomic E-state index is 13.3. The maximum Gasteiger partial charge on any atom is 0.411 e. The molecular weight excluding hydrogens is 542 g/mol. The molecule has 2 aromatic carbocycles. The van der Waals surface area contributed by atoms with E-state index in [-0.39, 0.29) is 30.1 Å². The van der Waals surface area contributed by atoms with Crippen LogP contribution >= 0.6 is 0 Å². The van der Waals surface area contributed by atoms with Crippen LogP contribution in [0.15, 0.2) is 54.6 Å². The minimum absolute atomic E-state index is 0.0188. The van der Waals surface area contributed by atoms with E-state index in [0.29, 0.717) is 12.5 Å². The summed E-state index contributed by atoms with van der Waals surface area (Å²) in [6.45, 7) is 6.39. The van der Waals surface area contributed by atoms with Crippen molar-refractivity contribution in [3.05, 3.63) is 77.0 Å². The molecule has 1 saturated carbocycles. The summed E-state index contributed by atoms with van der Waals surface area (Å²) in [7, 11) is 3.16. The van der Waals surface area contributed by atoms with Gasteiger partial charge in [0.25, 0.3) is 0 Å². The van der Waals surface area contributed by atoms with Crippen molar-refractivity contribution in [2.45, 2.75) is 70.6 Å². The van der Waals surface area contributed by atoms with Gasteiger partial charge < -0.3 is 19.1 Å². The number of hydrogen-bond donors (Lipinski definition) is 0. The number of pyridine rings is 1. The number of benzene rings is 2. The van der Waals surface area contributed by atoms with Crippen LogP contribution in [0.1, 0.15) is 73.4 Å². The second-order valence-electron chi connectivity index (χ2n) is 12.1. The number of esters is 1. The van der Waals surface area contributed by atoms with Crippen molar-refractivity contribution in [1.82, 2.24) is 9.88 Å². The van der Waals surface area contributed by atoms with Crippen molar-refractivity contribution < 1.29 is 23.8 Å². The van der Waals surface area contributed by atoms with Crippen molar-refractivity contribution in [3.63, 3.8) is 0 Å². The Morgan fingerprint density at radius 2 is 1.77 bits per heavy atom. The smallest absolute Gasteiger partial charge is 0.411 e. The minimum Gasteiger partial charge on any atom is -0.496 e. The third-order valence-corrected chi connectivity index (χ3v) is 9.47. The summed E-state index contributed by atoms with van der Waals surface area (Å²) >= 11 is 0. The van der Waals surface area contributed by atoms with E-state index in [9.17, 15) is 9.59 Å². The van der Waals surface area contributed by atoms with E-state index in [4.69, 9.17) is 19.2 Å². The van der Waals surface area contributed by atoms with Crippen LogP contribution in [0.4, 0.5) is 10.6 Å². The lowest BCUT2D eigenvalue weighted by Crippen LogP contribution is -2.38. The second kappa shape index (κ2) is 12.3. The zero-order valence-electron chi connectivity index (χ0n) is 25.5. The molecule has 6 rings (SSSR count). The summed E-state index contributed by atoms with van der Waals surface area (Å²) in [5, 5.41) is 0. The third-order valence-electron chi connectivity index (χ3n) is 9.47. The van der Waals surface area contributed by atoms with Crippen LogP contribution in [0.3, 0.4) is 0 Å². The van der Waals surface area contributed by atoms with Crippen LogP contribution in [0.25, 0.3) is 11.1 Å². The Balaban J connectivity index is 1.33. The number of amides is 1. The number of methoxy groups -OCH3 is 2. The van der Waals surface area contributed by atoms with Crippen LogP contribution in [-0.2, 0) is 20.8 Å². The van der Waals surface area contributed by atoms with Gasteiger partial charge in [-0.1, -0.05) is 35.9 Å². The lowest BCUT2D eigenvalue weighted by molar-refractivity contribution is -0.146. The van der Waals surface area contributed by atoms with Gasteiger partial charge in [-0.05, 0) is 87.3 Å². The molecule has 3 fully saturated rings. The van der Waals surface area contributed by atoms with Gasteiger partial charge in [0.2, 0.25) is 0 Å². The molecule has 2 aliphatic heterocycles. The summed E-state index contributed by atoms with van der Waals surface area (Å²) in [6, 6.07) is 18.6. The van der Waals surface area contributed by atoms with Gasteiger partial charge in [-0.3, -0.25) is 9.69 Å². The molecule has 0 spiro atoms. The molecule has 3 aromatic rings. The van der Waals surface area contributed by atoms with Crippen molar-refractivity contribution in [3.8, 4) is 16.9 Å². The zero-order valence-corrected chi connectivity index (χ0v) is 25.5. The highest BCUT2D eigenvalue weighted by atomic mass is 16.6. The van der Waals surface area contributed by atoms with E-state index in [2.05, 4.69) is 35.2 Å². The molecule has 0 radical (unpaired) electrons. The largest absolute Gasteiger partial charge is 0.496 e. The SMILES string of the molecule is COC(=O)C1CCC(c2ccc(OC)c(-c3ccc(N4CCC4)nc3CN3C(=O)O[C@H](c4cccc(C)c4)[C@@H]3C)c2)CC1. The Morgan fingerprint density at radius 1 is 0.977 bits per heavy atom. The number of anilines is 1. The summed E-state index contributed by atoms with van der Waals surface area (Å²) in [5.41, 5.74) is 6.10. The summed E-state index contributed by atoms with van der Waals surface area (Å²) < 4.78 is 16.8. The van der Waals surface area contributed by atoms with Crippen LogP contribution in [-0.4, -0.2) is 55.3 Å². The van der Waals surface area contributed by atoms with Gasteiger partial charge in [0.05, 0.1) is 38.4 Å². The number of ether oxygens (including phenoxy) is 3. The topological polar surface area (TPSA) is 81.2 Å². The standard InChI is InChI=1S/C35H41N3O5/c1-22-7-5-8-27(19-22)33-23(2)38(35(40)43-33)21-30-28(14-16-32(36-30)37-17-6-18-37)29-20-26(13-15-31(29)41-3)24-9-11-25(12-10-24)34(39)42-4/h5,7-8,13-16,19-20,23-25,33H,6,9-12,17-18,21H2,1-4H3/t23-,24?,25?,33-/m0/s1. The van der Waals surface area contributed by atoms with Gasteiger partial charge in [-0.2, -0.15) is 0 Å². The van der Waals surface area contributed by atoms with E-state index in [1.165, 1.54) is 12.7 Å². The lowest BCUT2D eigenvalue weighted by atomic mass is 9.78. The first-order valence-corrected chi connectivity index (χ1v) is 15.4. The Kier molecular flexibility index (Phi) is 8.28. The number of nitrogens with zero attached hydrogens (tertiary/aromatic N) is 3. The van der Waals surface area contributed by atoms with Crippen LogP contribution < -0.4 is 9.64 Å². The normalized spacial score (nSPS) is 23.5. The number of carbonyl (C=O) groups is 2. The van der Waals surface area contributed by atoms with Gasteiger partial charge >= 0.3 is 12.1 Å². The second-order valence-corrected chi connectivity index (χ2v) is 12.1. The van der Waals surface area contributed by atoms with Crippen molar-refractivity contribution in [2.75, 3.05) is 32.2 Å². The van der Waals surface area contributed by atoms with Crippen molar-refractivity contribution in [1.29, 1.82) is 0 Å². The molecule has 43 heavy (non-hydrogen) atoms. The highest BCUT2D eigenvalue weighted by Gasteiger charge is 2.40. The van der Waals surface area contributed by atoms with E-state index in [1.807, 2.05) is 38.1 Å². The minimum atomic E-state index is -0.340. The number of rotatable bonds is 8. The Labute approximate surface area is 254 Å². The molecule has 3 aliphatic rings. The predicted octanol–water partition coefficient (Wildman–Crippen LogP) is 6.80. The maximum atomic E-state index is 13.3. The number of hydrogen-bond acceptors (Lipinski definition) is 7. The van der Waals surface area contributed by atoms with Gasteiger partial charge in [0.1, 0.15) is 17.7 Å². The average molecular weight is 584 g/mol. The van der Waals surface area contributed by atoms with Crippen LogP contribution in [0.2, 0.25) is 0 Å². The van der Waals surface area contributed by atoms with Gasteiger partial charge in [0, 0.05) is 24.2 Å². The van der Waals surface area contributed by atoms with E-state index in [0.717, 1.165) is 84.7 Å². The van der Waals surface area contributed by atoms with E-state index in [1.54, 1.807) is 12.0 Å². The average Bonchev–Trinajstić information content (AvgIpc) is 3.28. The fourth-order valence-corrected chi connectivity index (χ4v) is 6.76. The number of carbonyl (C=O) groups excluding carboxylic acids is 2. The third kappa shape index (κ3) is 5.79. The first-order valence-electron chi connectivity index (χ1n) is 15.4. The van der Waals surface area contributed by atoms with Gasteiger partial charge in [-0.15, -0.1) is 0 Å². The molecule has 0 unspecified atom stereocenters. The zero-order chi connectivity index (χ0) is 30.1. The Morgan fingerprint density at radius 3 is 2.44 bits per heavy atom. The van der Waals surface area contributed by atoms with Crippen molar-refractivity contribution >= 4 is 17.9 Å². The molecule has 2 saturated heterocycles. The monoisotopic (exact) mass is 583 g/mol. The molecule has 8 heteroatoms. The first-order chi connectivity index (χ1) is 20.9. The molecule has 0 bridgehead atoms. The van der Waals surface area contributed by atoms with Gasteiger partial charge in [-0.25, -0.2) is 9.78 Å². The molecule has 8 nitrogen and oxygen atoms in total. The summed E-state index contributed by atoms with van der Waals surface area (Å²) in [6.07, 6.45) is 4.00. The predicted molar refractivity (Wildman–Crippen MR) is 165 cm³/mol. The lowest BCUT2D eigenvalue weighted by Gasteiger charge is -2.33. The molecule has 0 N–H and O–H groups in total. The van der Waals surface area contributed by atoms with Crippen LogP contribution in [0, 0.1) is 12.8 Å². The molecular formula is C35H41N3O5. The quantitative estimate of drug-likeness (QED) is 0.270. The highest BCUT2D eigenvalue weighted by Crippen LogP contribution is 2.42.